The number of hydrogen-bond acceptors (Lipinski definition) is 2. The number of ether oxygens (including phenoxy) is 2. The minimum atomic E-state index is 0.0437. The summed E-state index contributed by atoms with van der Waals surface area (Å²) in [6.07, 6.45) is 0.130. The Hall–Kier alpha value is -3.02. The van der Waals surface area contributed by atoms with Crippen molar-refractivity contribution in [3.8, 4) is 17.6 Å². The molecule has 27 heavy (non-hydrogen) atoms. The van der Waals surface area contributed by atoms with Crippen LogP contribution in [0.15, 0.2) is 78.9 Å². The summed E-state index contributed by atoms with van der Waals surface area (Å²) in [6, 6.07) is 27.1. The zero-order valence-corrected chi connectivity index (χ0v) is 15.1. The highest BCUT2D eigenvalue weighted by Gasteiger charge is 2.52. The lowest BCUT2D eigenvalue weighted by molar-refractivity contribution is 0.0627. The van der Waals surface area contributed by atoms with Crippen molar-refractivity contribution in [2.24, 2.45) is 5.92 Å². The van der Waals surface area contributed by atoms with Gasteiger partial charge in [0.2, 0.25) is 0 Å². The van der Waals surface area contributed by atoms with Crippen LogP contribution in [-0.4, -0.2) is 7.11 Å². The first-order valence-corrected chi connectivity index (χ1v) is 9.30. The van der Waals surface area contributed by atoms with Gasteiger partial charge in [-0.05, 0) is 41.0 Å². The van der Waals surface area contributed by atoms with E-state index in [-0.39, 0.29) is 24.0 Å². The Morgan fingerprint density at radius 2 is 1.44 bits per heavy atom. The summed E-state index contributed by atoms with van der Waals surface area (Å²) in [5.74, 6) is 8.16. The lowest BCUT2D eigenvalue weighted by Crippen LogP contribution is -2.19. The van der Waals surface area contributed by atoms with Crippen LogP contribution in [0.1, 0.15) is 40.4 Å². The predicted molar refractivity (Wildman–Crippen MR) is 106 cm³/mol. The van der Waals surface area contributed by atoms with Crippen molar-refractivity contribution in [2.45, 2.75) is 18.1 Å². The Balaban J connectivity index is 1.54. The van der Waals surface area contributed by atoms with Gasteiger partial charge < -0.3 is 9.47 Å². The fourth-order valence-electron chi connectivity index (χ4n) is 4.33. The lowest BCUT2D eigenvalue weighted by atomic mass is 9.73. The first kappa shape index (κ1) is 16.2. The number of benzene rings is 3. The van der Waals surface area contributed by atoms with E-state index in [9.17, 15) is 0 Å². The molecule has 2 heterocycles. The summed E-state index contributed by atoms with van der Waals surface area (Å²) in [5, 5.41) is 0. The average Bonchev–Trinajstić information content (AvgIpc) is 3.30. The van der Waals surface area contributed by atoms with Crippen LogP contribution in [0.3, 0.4) is 0 Å². The van der Waals surface area contributed by atoms with Crippen LogP contribution in [0.25, 0.3) is 0 Å². The molecule has 0 spiro atoms. The van der Waals surface area contributed by atoms with Gasteiger partial charge in [-0.1, -0.05) is 66.4 Å². The van der Waals surface area contributed by atoms with Gasteiger partial charge in [0.1, 0.15) is 5.75 Å². The van der Waals surface area contributed by atoms with E-state index in [0.29, 0.717) is 0 Å². The van der Waals surface area contributed by atoms with Crippen molar-refractivity contribution in [3.63, 3.8) is 0 Å². The molecule has 0 aliphatic carbocycles. The Morgan fingerprint density at radius 1 is 0.778 bits per heavy atom. The average molecular weight is 352 g/mol. The van der Waals surface area contributed by atoms with E-state index in [1.807, 2.05) is 24.3 Å². The third-order valence-electron chi connectivity index (χ3n) is 5.60. The molecular weight excluding hydrogens is 332 g/mol. The third kappa shape index (κ3) is 2.72. The zero-order valence-electron chi connectivity index (χ0n) is 15.1. The fourth-order valence-corrected chi connectivity index (χ4v) is 4.33. The second-order valence-electron chi connectivity index (χ2n) is 7.07. The number of rotatable bonds is 2. The number of hydrogen-bond donors (Lipinski definition) is 0. The second-order valence-corrected chi connectivity index (χ2v) is 7.07. The van der Waals surface area contributed by atoms with Crippen LogP contribution in [0, 0.1) is 17.8 Å². The van der Waals surface area contributed by atoms with Crippen molar-refractivity contribution in [1.29, 1.82) is 0 Å². The van der Waals surface area contributed by atoms with E-state index in [2.05, 4.69) is 66.4 Å². The normalized spacial score (nSPS) is 24.8. The highest BCUT2D eigenvalue weighted by atomic mass is 16.5. The van der Waals surface area contributed by atoms with E-state index in [1.165, 1.54) is 16.7 Å². The zero-order chi connectivity index (χ0) is 18.2. The van der Waals surface area contributed by atoms with Crippen LogP contribution in [0.5, 0.6) is 5.75 Å². The molecule has 2 aliphatic rings. The van der Waals surface area contributed by atoms with Gasteiger partial charge in [-0.2, -0.15) is 0 Å². The van der Waals surface area contributed by atoms with E-state index in [4.69, 9.17) is 9.47 Å². The highest BCUT2D eigenvalue weighted by Crippen LogP contribution is 2.60. The molecule has 1 saturated heterocycles. The molecule has 0 radical (unpaired) electrons. The van der Waals surface area contributed by atoms with Gasteiger partial charge in [0, 0.05) is 11.5 Å². The van der Waals surface area contributed by atoms with E-state index in [1.54, 1.807) is 7.11 Å². The molecule has 0 unspecified atom stereocenters. The molecule has 2 aliphatic heterocycles. The van der Waals surface area contributed by atoms with E-state index < -0.39 is 0 Å². The molecule has 2 bridgehead atoms. The van der Waals surface area contributed by atoms with Gasteiger partial charge in [0.05, 0.1) is 25.2 Å². The van der Waals surface area contributed by atoms with Gasteiger partial charge in [-0.15, -0.1) is 0 Å². The molecule has 0 N–H and O–H groups in total. The second kappa shape index (κ2) is 6.61. The molecule has 2 heteroatoms. The molecule has 5 rings (SSSR count). The standard InChI is InChI=1S/C25H20O2/c1-26-19-14-11-17(12-15-19)13-16-22-23(18-7-3-2-4-8-18)25-21-10-6-5-9-20(21)24(22)27-25/h2-12,14-15,22-25H,1H3/t22-,23+,24+,25-/m1/s1. The monoisotopic (exact) mass is 352 g/mol. The molecule has 3 aromatic carbocycles. The SMILES string of the molecule is COc1ccc(C#C[C@@H]2[C@H](c3ccccc3)[C@@H]3O[C@H]2c2ccccc23)cc1. The number of fused-ring (bicyclic) bond motifs is 5. The smallest absolute Gasteiger partial charge is 0.118 e. The van der Waals surface area contributed by atoms with Crippen molar-refractivity contribution in [3.05, 3.63) is 101 Å². The van der Waals surface area contributed by atoms with Gasteiger partial charge in [-0.25, -0.2) is 0 Å². The quantitative estimate of drug-likeness (QED) is 0.585. The van der Waals surface area contributed by atoms with Crippen LogP contribution in [0.2, 0.25) is 0 Å². The molecule has 4 atom stereocenters. The fraction of sp³-hybridized carbons (Fsp3) is 0.200. The largest absolute Gasteiger partial charge is 0.497 e. The third-order valence-corrected chi connectivity index (χ3v) is 5.60. The van der Waals surface area contributed by atoms with Gasteiger partial charge >= 0.3 is 0 Å². The first-order chi connectivity index (χ1) is 13.3. The molecule has 0 amide bonds. The maximum atomic E-state index is 6.42. The maximum absolute atomic E-state index is 6.42. The minimum absolute atomic E-state index is 0.0437. The van der Waals surface area contributed by atoms with Gasteiger partial charge in [0.25, 0.3) is 0 Å². The lowest BCUT2D eigenvalue weighted by Gasteiger charge is -2.26. The molecule has 1 fully saturated rings. The summed E-state index contributed by atoms with van der Waals surface area (Å²) in [7, 11) is 1.68. The molecule has 2 nitrogen and oxygen atoms in total. The molecule has 3 aromatic rings. The summed E-state index contributed by atoms with van der Waals surface area (Å²) in [4.78, 5) is 0. The predicted octanol–water partition coefficient (Wildman–Crippen LogP) is 5.27. The van der Waals surface area contributed by atoms with Crippen molar-refractivity contribution in [1.82, 2.24) is 0 Å². The molecule has 0 saturated carbocycles. The van der Waals surface area contributed by atoms with Crippen LogP contribution in [0.4, 0.5) is 0 Å². The summed E-state index contributed by atoms with van der Waals surface area (Å²) >= 11 is 0. The van der Waals surface area contributed by atoms with Gasteiger partial charge in [-0.3, -0.25) is 0 Å². The van der Waals surface area contributed by atoms with Crippen LogP contribution >= 0.6 is 0 Å². The van der Waals surface area contributed by atoms with Crippen molar-refractivity contribution in [2.75, 3.05) is 7.11 Å². The van der Waals surface area contributed by atoms with E-state index >= 15 is 0 Å². The molecular formula is C25H20O2. The van der Waals surface area contributed by atoms with Crippen molar-refractivity contribution >= 4 is 0 Å². The maximum Gasteiger partial charge on any atom is 0.118 e. The summed E-state index contributed by atoms with van der Waals surface area (Å²) < 4.78 is 11.7. The first-order valence-electron chi connectivity index (χ1n) is 9.30. The Bertz CT molecular complexity index is 1010. The summed E-state index contributed by atoms with van der Waals surface area (Å²) in [6.45, 7) is 0. The summed E-state index contributed by atoms with van der Waals surface area (Å²) in [5.41, 5.74) is 4.91. The van der Waals surface area contributed by atoms with E-state index in [0.717, 1.165) is 11.3 Å². The van der Waals surface area contributed by atoms with Crippen molar-refractivity contribution < 1.29 is 9.47 Å². The Morgan fingerprint density at radius 3 is 2.15 bits per heavy atom. The Labute approximate surface area is 159 Å². The highest BCUT2D eigenvalue weighted by molar-refractivity contribution is 5.47. The molecule has 132 valence electrons. The Kier molecular flexibility index (Phi) is 3.96. The topological polar surface area (TPSA) is 18.5 Å². The minimum Gasteiger partial charge on any atom is -0.497 e. The van der Waals surface area contributed by atoms with Gasteiger partial charge in [0.15, 0.2) is 0 Å². The number of methoxy groups -OCH3 is 1. The molecule has 0 aromatic heterocycles. The van der Waals surface area contributed by atoms with Crippen LogP contribution in [-0.2, 0) is 4.74 Å². The van der Waals surface area contributed by atoms with Crippen LogP contribution < -0.4 is 4.74 Å².